The van der Waals surface area contributed by atoms with Gasteiger partial charge in [-0.1, -0.05) is 0 Å². The zero-order chi connectivity index (χ0) is 15.3. The first-order valence-electron chi connectivity index (χ1n) is 6.71. The molecule has 0 radical (unpaired) electrons. The zero-order valence-electron chi connectivity index (χ0n) is 13.0. The fourth-order valence-electron chi connectivity index (χ4n) is 1.99. The maximum absolute atomic E-state index is 11.9. The average molecular weight is 295 g/mol. The lowest BCUT2D eigenvalue weighted by molar-refractivity contribution is 0.0827. The average Bonchev–Trinajstić information content (AvgIpc) is 2.42. The van der Waals surface area contributed by atoms with Gasteiger partial charge < -0.3 is 15.5 Å². The minimum atomic E-state index is -0.0265. The number of amides is 1. The molecular formula is C15H25N3OS. The molecule has 0 aliphatic rings. The van der Waals surface area contributed by atoms with Crippen LogP contribution in [0.25, 0.3) is 0 Å². The summed E-state index contributed by atoms with van der Waals surface area (Å²) in [6.45, 7) is 2.19. The van der Waals surface area contributed by atoms with Crippen molar-refractivity contribution in [2.75, 3.05) is 43.8 Å². The Morgan fingerprint density at radius 1 is 1.35 bits per heavy atom. The lowest BCUT2D eigenvalue weighted by Crippen LogP contribution is -2.30. The first-order valence-corrected chi connectivity index (χ1v) is 8.10. The number of thioether (sulfide) groups is 1. The standard InChI is InChI=1S/C15H25N3OS/c1-11(8-9-20-5)18(4)14-7-6-12(10-13(14)16)15(19)17(2)3/h6-7,10-11H,8-9,16H2,1-5H3. The number of nitrogens with zero attached hydrogens (tertiary/aromatic N) is 2. The summed E-state index contributed by atoms with van der Waals surface area (Å²) in [5.74, 6) is 1.10. The highest BCUT2D eigenvalue weighted by Crippen LogP contribution is 2.26. The van der Waals surface area contributed by atoms with Gasteiger partial charge in [0, 0.05) is 32.7 Å². The second kappa shape index (κ2) is 7.43. The minimum Gasteiger partial charge on any atom is -0.397 e. The normalized spacial score (nSPS) is 12.1. The Balaban J connectivity index is 2.90. The van der Waals surface area contributed by atoms with Crippen molar-refractivity contribution in [1.82, 2.24) is 4.90 Å². The molecule has 0 aliphatic heterocycles. The molecule has 0 heterocycles. The molecule has 1 atom stereocenters. The molecule has 1 unspecified atom stereocenters. The van der Waals surface area contributed by atoms with Gasteiger partial charge in [-0.15, -0.1) is 0 Å². The van der Waals surface area contributed by atoms with Gasteiger partial charge in [0.05, 0.1) is 11.4 Å². The highest BCUT2D eigenvalue weighted by Gasteiger charge is 2.15. The molecule has 0 bridgehead atoms. The van der Waals surface area contributed by atoms with Crippen molar-refractivity contribution in [3.05, 3.63) is 23.8 Å². The van der Waals surface area contributed by atoms with E-state index in [0.29, 0.717) is 17.3 Å². The molecule has 0 aliphatic carbocycles. The van der Waals surface area contributed by atoms with E-state index >= 15 is 0 Å². The van der Waals surface area contributed by atoms with Crippen molar-refractivity contribution in [2.24, 2.45) is 0 Å². The fourth-order valence-corrected chi connectivity index (χ4v) is 2.56. The number of carbonyl (C=O) groups excluding carboxylic acids is 1. The van der Waals surface area contributed by atoms with Crippen molar-refractivity contribution >= 4 is 29.0 Å². The maximum Gasteiger partial charge on any atom is 0.253 e. The van der Waals surface area contributed by atoms with E-state index < -0.39 is 0 Å². The summed E-state index contributed by atoms with van der Waals surface area (Å²) in [6, 6.07) is 5.95. The Morgan fingerprint density at radius 2 is 2.00 bits per heavy atom. The lowest BCUT2D eigenvalue weighted by Gasteiger charge is -2.28. The van der Waals surface area contributed by atoms with Gasteiger partial charge in [-0.25, -0.2) is 0 Å². The summed E-state index contributed by atoms with van der Waals surface area (Å²) in [4.78, 5) is 15.6. The molecule has 1 rings (SSSR count). The Hall–Kier alpha value is -1.36. The van der Waals surface area contributed by atoms with Gasteiger partial charge in [0.2, 0.25) is 0 Å². The summed E-state index contributed by atoms with van der Waals surface area (Å²) in [5, 5.41) is 0. The van der Waals surface area contributed by atoms with Gasteiger partial charge in [-0.2, -0.15) is 11.8 Å². The largest absolute Gasteiger partial charge is 0.397 e. The molecule has 0 saturated carbocycles. The summed E-state index contributed by atoms with van der Waals surface area (Å²) in [6.07, 6.45) is 3.22. The first-order chi connectivity index (χ1) is 9.38. The van der Waals surface area contributed by atoms with E-state index in [4.69, 9.17) is 5.73 Å². The van der Waals surface area contributed by atoms with Gasteiger partial charge in [-0.3, -0.25) is 4.79 Å². The molecular weight excluding hydrogens is 270 g/mol. The molecule has 5 heteroatoms. The fraction of sp³-hybridized carbons (Fsp3) is 0.533. The van der Waals surface area contributed by atoms with Crippen LogP contribution >= 0.6 is 11.8 Å². The van der Waals surface area contributed by atoms with E-state index in [-0.39, 0.29) is 5.91 Å². The second-order valence-corrected chi connectivity index (χ2v) is 6.20. The molecule has 112 valence electrons. The SMILES string of the molecule is CSCCC(C)N(C)c1ccc(C(=O)N(C)C)cc1N. The predicted molar refractivity (Wildman–Crippen MR) is 89.7 cm³/mol. The molecule has 0 saturated heterocycles. The van der Waals surface area contributed by atoms with Gasteiger partial charge >= 0.3 is 0 Å². The smallest absolute Gasteiger partial charge is 0.253 e. The summed E-state index contributed by atoms with van der Waals surface area (Å²) in [7, 11) is 5.52. The van der Waals surface area contributed by atoms with Crippen LogP contribution in [-0.2, 0) is 0 Å². The molecule has 4 nitrogen and oxygen atoms in total. The highest BCUT2D eigenvalue weighted by molar-refractivity contribution is 7.98. The van der Waals surface area contributed by atoms with Crippen molar-refractivity contribution in [2.45, 2.75) is 19.4 Å². The second-order valence-electron chi connectivity index (χ2n) is 5.21. The van der Waals surface area contributed by atoms with Crippen LogP contribution in [-0.4, -0.2) is 50.0 Å². The third kappa shape index (κ3) is 4.07. The van der Waals surface area contributed by atoms with E-state index in [1.165, 1.54) is 0 Å². The van der Waals surface area contributed by atoms with Gasteiger partial charge in [0.15, 0.2) is 0 Å². The van der Waals surface area contributed by atoms with Crippen LogP contribution in [0.1, 0.15) is 23.7 Å². The summed E-state index contributed by atoms with van der Waals surface area (Å²) >= 11 is 1.85. The number of anilines is 2. The van der Waals surface area contributed by atoms with Crippen LogP contribution in [0.5, 0.6) is 0 Å². The van der Waals surface area contributed by atoms with E-state index in [0.717, 1.165) is 17.9 Å². The van der Waals surface area contributed by atoms with Crippen LogP contribution in [0.4, 0.5) is 11.4 Å². The van der Waals surface area contributed by atoms with Crippen LogP contribution in [0.3, 0.4) is 0 Å². The predicted octanol–water partition coefficient (Wildman–Crippen LogP) is 2.55. The van der Waals surface area contributed by atoms with Crippen molar-refractivity contribution in [3.63, 3.8) is 0 Å². The number of hydrogen-bond acceptors (Lipinski definition) is 4. The Labute approximate surface area is 126 Å². The molecule has 1 amide bonds. The minimum absolute atomic E-state index is 0.0265. The number of rotatable bonds is 6. The van der Waals surface area contributed by atoms with E-state index in [2.05, 4.69) is 18.1 Å². The number of carbonyl (C=O) groups is 1. The molecule has 0 fully saturated rings. The first kappa shape index (κ1) is 16.7. The Kier molecular flexibility index (Phi) is 6.20. The molecule has 2 N–H and O–H groups in total. The van der Waals surface area contributed by atoms with Crippen molar-refractivity contribution in [3.8, 4) is 0 Å². The van der Waals surface area contributed by atoms with E-state index in [9.17, 15) is 4.79 Å². The lowest BCUT2D eigenvalue weighted by atomic mass is 10.1. The summed E-state index contributed by atoms with van der Waals surface area (Å²) in [5.41, 5.74) is 8.37. The molecule has 1 aromatic rings. The number of nitrogens with two attached hydrogens (primary N) is 1. The van der Waals surface area contributed by atoms with Crippen molar-refractivity contribution in [1.29, 1.82) is 0 Å². The van der Waals surface area contributed by atoms with Crippen LogP contribution < -0.4 is 10.6 Å². The zero-order valence-corrected chi connectivity index (χ0v) is 13.8. The van der Waals surface area contributed by atoms with E-state index in [1.807, 2.05) is 30.9 Å². The molecule has 0 spiro atoms. The summed E-state index contributed by atoms with van der Waals surface area (Å²) < 4.78 is 0. The van der Waals surface area contributed by atoms with Crippen LogP contribution in [0, 0.1) is 0 Å². The topological polar surface area (TPSA) is 49.6 Å². The Morgan fingerprint density at radius 3 is 2.50 bits per heavy atom. The van der Waals surface area contributed by atoms with Gasteiger partial charge in [0.25, 0.3) is 5.91 Å². The quantitative estimate of drug-likeness (QED) is 0.819. The molecule has 20 heavy (non-hydrogen) atoms. The Bertz CT molecular complexity index is 462. The molecule has 1 aromatic carbocycles. The van der Waals surface area contributed by atoms with Crippen molar-refractivity contribution < 1.29 is 4.79 Å². The maximum atomic E-state index is 11.9. The third-order valence-electron chi connectivity index (χ3n) is 3.46. The number of nitrogen functional groups attached to an aromatic ring is 1. The third-order valence-corrected chi connectivity index (χ3v) is 4.11. The van der Waals surface area contributed by atoms with Gasteiger partial charge in [0.1, 0.15) is 0 Å². The van der Waals surface area contributed by atoms with E-state index in [1.54, 1.807) is 25.1 Å². The monoisotopic (exact) mass is 295 g/mol. The number of benzene rings is 1. The highest BCUT2D eigenvalue weighted by atomic mass is 32.2. The number of hydrogen-bond donors (Lipinski definition) is 1. The van der Waals surface area contributed by atoms with Crippen LogP contribution in [0.2, 0.25) is 0 Å². The van der Waals surface area contributed by atoms with Crippen LogP contribution in [0.15, 0.2) is 18.2 Å². The van der Waals surface area contributed by atoms with Gasteiger partial charge in [-0.05, 0) is 43.6 Å². The molecule has 0 aromatic heterocycles.